The molecule has 1 aliphatic heterocycles. The maximum Gasteiger partial charge on any atom is 0.415 e. The van der Waals surface area contributed by atoms with E-state index in [-0.39, 0.29) is 55.9 Å². The molecule has 10 N–H and O–H groups in total. The van der Waals surface area contributed by atoms with E-state index in [2.05, 4.69) is 31.8 Å². The molecule has 1 unspecified atom stereocenters. The summed E-state index contributed by atoms with van der Waals surface area (Å²) in [5, 5.41) is 37.5. The Morgan fingerprint density at radius 1 is 1.00 bits per heavy atom. The maximum absolute atomic E-state index is 13.5. The number of anilines is 1. The second-order valence-corrected chi connectivity index (χ2v) is 17.8. The van der Waals surface area contributed by atoms with E-state index >= 15 is 0 Å². The lowest BCUT2D eigenvalue weighted by molar-refractivity contribution is -0.137. The lowest BCUT2D eigenvalue weighted by Gasteiger charge is -2.39. The fourth-order valence-electron chi connectivity index (χ4n) is 8.65. The van der Waals surface area contributed by atoms with Crippen LogP contribution >= 0.6 is 0 Å². The van der Waals surface area contributed by atoms with Crippen LogP contribution in [0.25, 0.3) is 0 Å². The number of amides is 9. The Kier molecular flexibility index (Phi) is 17.4. The van der Waals surface area contributed by atoms with Crippen LogP contribution in [0.1, 0.15) is 104 Å². The van der Waals surface area contributed by atoms with E-state index in [9.17, 15) is 48.6 Å². The summed E-state index contributed by atoms with van der Waals surface area (Å²) in [6.07, 6.45) is 8.79. The number of ketones is 1. The van der Waals surface area contributed by atoms with Crippen molar-refractivity contribution in [1.82, 2.24) is 31.6 Å². The summed E-state index contributed by atoms with van der Waals surface area (Å²) in [6, 6.07) is 2.60. The zero-order valence-corrected chi connectivity index (χ0v) is 38.7. The number of Topliss-reactive ketones (excluding diaryl/α,β-unsaturated/α-hetero) is 1. The predicted octanol–water partition coefficient (Wildman–Crippen LogP) is 3.37. The summed E-state index contributed by atoms with van der Waals surface area (Å²) in [7, 11) is 0. The number of nitrogens with two attached hydrogens (primary N) is 1. The van der Waals surface area contributed by atoms with Crippen molar-refractivity contribution in [3.63, 3.8) is 0 Å². The van der Waals surface area contributed by atoms with Crippen LogP contribution in [0.5, 0.6) is 0 Å². The Morgan fingerprint density at radius 3 is 2.36 bits per heavy atom. The minimum atomic E-state index is -1.42. The van der Waals surface area contributed by atoms with Gasteiger partial charge in [0.1, 0.15) is 30.5 Å². The fourth-order valence-corrected chi connectivity index (χ4v) is 8.65. The highest BCUT2D eigenvalue weighted by molar-refractivity contribution is 6.11. The van der Waals surface area contributed by atoms with E-state index < -0.39 is 59.3 Å². The highest BCUT2D eigenvalue weighted by Crippen LogP contribution is 2.65. The van der Waals surface area contributed by atoms with Crippen LogP contribution in [0.15, 0.2) is 75.5 Å². The molecule has 20 heteroatoms. The lowest BCUT2D eigenvalue weighted by atomic mass is 9.67. The maximum atomic E-state index is 13.5. The Morgan fingerprint density at radius 2 is 1.72 bits per heavy atom. The predicted molar refractivity (Wildman–Crippen MR) is 246 cm³/mol. The molecule has 67 heavy (non-hydrogen) atoms. The molecule has 1 saturated carbocycles. The molecule has 0 bridgehead atoms. The number of hydrazone groups is 1. The van der Waals surface area contributed by atoms with Gasteiger partial charge in [0, 0.05) is 48.5 Å². The first-order chi connectivity index (χ1) is 31.7. The van der Waals surface area contributed by atoms with Crippen molar-refractivity contribution in [2.45, 2.75) is 129 Å². The lowest BCUT2D eigenvalue weighted by Crippen LogP contribution is -2.54. The van der Waals surface area contributed by atoms with Gasteiger partial charge in [-0.05, 0) is 125 Å². The molecule has 5 rings (SSSR count). The summed E-state index contributed by atoms with van der Waals surface area (Å²) in [6.45, 7) is 9.30. The average molecular weight is 930 g/mol. The van der Waals surface area contributed by atoms with E-state index in [4.69, 9.17) is 10.5 Å². The number of carbonyl (C=O) groups is 8. The SMILES string of the molecule is CC1=C(CC/C=N/NC(=O)NC(=O)OCc2ccc(NC(=O)[C@H](CCCNC(N)=O)NC(=O)[C@@H](NC(=O)CCCCCN3C(=O)C=CC3O)C(C)C)cc2)C2=C(C)C3(CC3)[C@](C)(O)C(=O)C2=C1. The number of rotatable bonds is 22. The molecular weight excluding hydrogens is 867 g/mol. The van der Waals surface area contributed by atoms with E-state index in [1.807, 2.05) is 25.2 Å². The molecule has 1 fully saturated rings. The highest BCUT2D eigenvalue weighted by Gasteiger charge is 2.65. The number of allylic oxidation sites excluding steroid dienone is 4. The van der Waals surface area contributed by atoms with E-state index in [0.29, 0.717) is 55.5 Å². The Balaban J connectivity index is 1.04. The average Bonchev–Trinajstić information content (AvgIpc) is 3.95. The number of hydrogen-bond donors (Lipinski definition) is 9. The number of urea groups is 2. The number of carbonyl (C=O) groups excluding carboxylic acids is 8. The number of alkyl carbamates (subject to hydrolysis) is 1. The van der Waals surface area contributed by atoms with Gasteiger partial charge in [-0.15, -0.1) is 0 Å². The molecule has 362 valence electrons. The largest absolute Gasteiger partial charge is 0.444 e. The van der Waals surface area contributed by atoms with Crippen LogP contribution in [0.3, 0.4) is 0 Å². The van der Waals surface area contributed by atoms with Gasteiger partial charge < -0.3 is 46.9 Å². The third-order valence-electron chi connectivity index (χ3n) is 12.6. The first kappa shape index (κ1) is 51.3. The summed E-state index contributed by atoms with van der Waals surface area (Å²) in [5.74, 6) is -2.36. The number of aliphatic hydroxyl groups excluding tert-OH is 1. The number of nitrogens with one attached hydrogen (secondary N) is 6. The van der Waals surface area contributed by atoms with Gasteiger partial charge in [-0.25, -0.2) is 25.1 Å². The van der Waals surface area contributed by atoms with Crippen LogP contribution in [0.4, 0.5) is 20.1 Å². The fraction of sp³-hybridized carbons (Fsp3) is 0.511. The van der Waals surface area contributed by atoms with Gasteiger partial charge in [-0.1, -0.05) is 38.0 Å². The number of nitrogens with zero attached hydrogens (tertiary/aromatic N) is 2. The van der Waals surface area contributed by atoms with Gasteiger partial charge in [-0.3, -0.25) is 24.0 Å². The van der Waals surface area contributed by atoms with Crippen LogP contribution in [-0.2, 0) is 35.3 Å². The standard InChI is InChI=1S/C47H63N9O11/c1-27(2)39(53-35(57)13-7-6-8-24-56-36(58)18-19-37(56)59)42(62)52-34(12-10-22-49-43(48)63)41(61)51-31-16-14-30(15-17-31)26-67-45(65)54-44(64)55-50-23-9-11-32-28(3)25-33-38(32)29(4)47(20-21-47)46(5,66)40(33)60/h14-19,23,25,27,34,36,39,58,66H,6-13,20-22,24,26H2,1-5H3,(H,51,61)(H,52,62)(H,53,57)(H3,48,49,63)(H2,54,55,64,65)/b50-23+/t34-,36?,39-,46+/m0/s1. The van der Waals surface area contributed by atoms with Crippen LogP contribution in [0, 0.1) is 11.3 Å². The van der Waals surface area contributed by atoms with E-state index in [1.165, 1.54) is 23.3 Å². The van der Waals surface area contributed by atoms with Crippen molar-refractivity contribution >= 4 is 59.5 Å². The zero-order valence-electron chi connectivity index (χ0n) is 38.7. The monoisotopic (exact) mass is 929 g/mol. The van der Waals surface area contributed by atoms with E-state index in [1.54, 1.807) is 45.0 Å². The van der Waals surface area contributed by atoms with Gasteiger partial charge in [0.25, 0.3) is 0 Å². The first-order valence-electron chi connectivity index (χ1n) is 22.6. The number of aliphatic hydroxyl groups is 2. The molecule has 0 aromatic heterocycles. The van der Waals surface area contributed by atoms with Gasteiger partial charge in [0.05, 0.1) is 0 Å². The van der Waals surface area contributed by atoms with Gasteiger partial charge in [-0.2, -0.15) is 5.10 Å². The van der Waals surface area contributed by atoms with Crippen LogP contribution < -0.4 is 37.7 Å². The molecule has 20 nitrogen and oxygen atoms in total. The number of imide groups is 1. The smallest absolute Gasteiger partial charge is 0.415 e. The van der Waals surface area contributed by atoms with Crippen LogP contribution in [-0.4, -0.2) is 106 Å². The second-order valence-electron chi connectivity index (χ2n) is 17.8. The summed E-state index contributed by atoms with van der Waals surface area (Å²) in [4.78, 5) is 102. The number of unbranched alkanes of at least 4 members (excludes halogenated alkanes) is 2. The first-order valence-corrected chi connectivity index (χ1v) is 22.6. The van der Waals surface area contributed by atoms with E-state index in [0.717, 1.165) is 35.1 Å². The molecule has 0 radical (unpaired) electrons. The Bertz CT molecular complexity index is 2260. The summed E-state index contributed by atoms with van der Waals surface area (Å²) >= 11 is 0. The molecule has 0 saturated heterocycles. The molecule has 3 aliphatic carbocycles. The third-order valence-corrected chi connectivity index (χ3v) is 12.6. The molecule has 9 amide bonds. The van der Waals surface area contributed by atoms with Crippen LogP contribution in [0.2, 0.25) is 0 Å². The third kappa shape index (κ3) is 13.0. The topological polar surface area (TPSA) is 300 Å². The van der Waals surface area contributed by atoms with Crippen molar-refractivity contribution in [2.24, 2.45) is 22.2 Å². The Labute approximate surface area is 389 Å². The minimum Gasteiger partial charge on any atom is -0.444 e. The molecular formula is C47H63N9O11. The number of primary amides is 1. The Hall–Kier alpha value is -6.67. The van der Waals surface area contributed by atoms with Crippen molar-refractivity contribution in [3.05, 3.63) is 75.9 Å². The van der Waals surface area contributed by atoms with Gasteiger partial charge in [0.2, 0.25) is 23.6 Å². The summed E-state index contributed by atoms with van der Waals surface area (Å²) < 4.78 is 5.16. The molecule has 1 heterocycles. The molecule has 1 aromatic rings. The van der Waals surface area contributed by atoms with Crippen molar-refractivity contribution in [2.75, 3.05) is 18.4 Å². The minimum absolute atomic E-state index is 0.115. The number of fused-ring (bicyclic) bond motifs is 1. The second kappa shape index (κ2) is 22.7. The normalized spacial score (nSPS) is 20.1. The summed E-state index contributed by atoms with van der Waals surface area (Å²) in [5.41, 5.74) is 10.8. The number of benzene rings is 1. The van der Waals surface area contributed by atoms with Crippen molar-refractivity contribution in [3.8, 4) is 0 Å². The number of hydrogen-bond acceptors (Lipinski definition) is 12. The van der Waals surface area contributed by atoms with Gasteiger partial charge >= 0.3 is 18.2 Å². The molecule has 4 atom stereocenters. The number of ether oxygens (including phenoxy) is 1. The highest BCUT2D eigenvalue weighted by atomic mass is 16.5. The molecule has 1 spiro atoms. The molecule has 1 aromatic carbocycles. The van der Waals surface area contributed by atoms with Gasteiger partial charge in [0.15, 0.2) is 5.78 Å². The van der Waals surface area contributed by atoms with Crippen molar-refractivity contribution in [1.29, 1.82) is 0 Å². The zero-order chi connectivity index (χ0) is 49.1. The molecule has 4 aliphatic rings. The quantitative estimate of drug-likeness (QED) is 0.0462. The van der Waals surface area contributed by atoms with Crippen molar-refractivity contribution < 1.29 is 53.3 Å².